The van der Waals surface area contributed by atoms with Gasteiger partial charge < -0.3 is 15.7 Å². The smallest absolute Gasteiger partial charge is 0.307 e. The van der Waals surface area contributed by atoms with Gasteiger partial charge in [-0.05, 0) is 31.3 Å². The van der Waals surface area contributed by atoms with Gasteiger partial charge in [-0.2, -0.15) is 5.10 Å². The summed E-state index contributed by atoms with van der Waals surface area (Å²) in [6.07, 6.45) is -0.457. The molecule has 3 N–H and O–H groups in total. The molecule has 0 aliphatic heterocycles. The van der Waals surface area contributed by atoms with Crippen LogP contribution >= 0.6 is 11.6 Å². The van der Waals surface area contributed by atoms with Crippen LogP contribution in [0.15, 0.2) is 48.5 Å². The summed E-state index contributed by atoms with van der Waals surface area (Å²) in [4.78, 5) is 24.3. The first kappa shape index (κ1) is 21.5. The standard InChI is InChI=1S/C21H20ClFN4O3/c1-24-10-11-25-21(30)19-15(12-18(28)29)20(13-6-8-14(22)9-7-13)27(26-19)17-5-3-2-4-16(17)23/h2-9,24H,10-12H2,1H3,(H,25,30)(H,28,29). The summed E-state index contributed by atoms with van der Waals surface area (Å²) in [5.74, 6) is -2.23. The van der Waals surface area contributed by atoms with Crippen molar-refractivity contribution in [2.75, 3.05) is 20.1 Å². The lowest BCUT2D eigenvalue weighted by molar-refractivity contribution is -0.136. The number of hydrogen-bond acceptors (Lipinski definition) is 4. The van der Waals surface area contributed by atoms with E-state index in [0.29, 0.717) is 29.4 Å². The zero-order valence-corrected chi connectivity index (χ0v) is 16.9. The zero-order valence-electron chi connectivity index (χ0n) is 16.2. The van der Waals surface area contributed by atoms with E-state index in [1.807, 2.05) is 0 Å². The van der Waals surface area contributed by atoms with Crippen LogP contribution in [0.3, 0.4) is 0 Å². The summed E-state index contributed by atoms with van der Waals surface area (Å²) in [5, 5.41) is 19.9. The second kappa shape index (κ2) is 9.51. The molecule has 0 aliphatic carbocycles. The quantitative estimate of drug-likeness (QED) is 0.477. The molecule has 3 rings (SSSR count). The van der Waals surface area contributed by atoms with Gasteiger partial charge in [-0.25, -0.2) is 9.07 Å². The van der Waals surface area contributed by atoms with Gasteiger partial charge in [0, 0.05) is 29.2 Å². The minimum Gasteiger partial charge on any atom is -0.481 e. The molecule has 0 spiro atoms. The number of halogens is 2. The predicted octanol–water partition coefficient (Wildman–Crippen LogP) is 2.91. The van der Waals surface area contributed by atoms with E-state index in [2.05, 4.69) is 15.7 Å². The van der Waals surface area contributed by atoms with Crippen molar-refractivity contribution in [2.24, 2.45) is 0 Å². The number of amides is 1. The molecular formula is C21H20ClFN4O3. The van der Waals surface area contributed by atoms with Crippen molar-refractivity contribution in [1.82, 2.24) is 20.4 Å². The summed E-state index contributed by atoms with van der Waals surface area (Å²) < 4.78 is 15.8. The predicted molar refractivity (Wildman–Crippen MR) is 112 cm³/mol. The van der Waals surface area contributed by atoms with Crippen molar-refractivity contribution >= 4 is 23.5 Å². The maximum Gasteiger partial charge on any atom is 0.307 e. The Kier molecular flexibility index (Phi) is 6.81. The Morgan fingerprint density at radius 2 is 1.83 bits per heavy atom. The first-order valence-electron chi connectivity index (χ1n) is 9.19. The first-order chi connectivity index (χ1) is 14.4. The second-order valence-corrected chi connectivity index (χ2v) is 6.91. The zero-order chi connectivity index (χ0) is 21.7. The Balaban J connectivity index is 2.24. The largest absolute Gasteiger partial charge is 0.481 e. The molecule has 0 unspecified atom stereocenters. The number of aliphatic carboxylic acids is 1. The van der Waals surface area contributed by atoms with Crippen LogP contribution in [-0.4, -0.2) is 46.9 Å². The fraction of sp³-hybridized carbons (Fsp3) is 0.190. The third-order valence-electron chi connectivity index (χ3n) is 4.39. The maximum absolute atomic E-state index is 14.6. The van der Waals surface area contributed by atoms with Crippen LogP contribution < -0.4 is 10.6 Å². The van der Waals surface area contributed by atoms with Gasteiger partial charge in [0.05, 0.1) is 12.1 Å². The van der Waals surface area contributed by atoms with E-state index in [0.717, 1.165) is 0 Å². The van der Waals surface area contributed by atoms with Gasteiger partial charge in [-0.15, -0.1) is 0 Å². The monoisotopic (exact) mass is 430 g/mol. The van der Waals surface area contributed by atoms with Gasteiger partial charge in [0.25, 0.3) is 5.91 Å². The Morgan fingerprint density at radius 3 is 2.47 bits per heavy atom. The van der Waals surface area contributed by atoms with E-state index in [9.17, 15) is 19.1 Å². The number of rotatable bonds is 8. The Bertz CT molecular complexity index is 1070. The number of para-hydroxylation sites is 1. The number of carbonyl (C=O) groups excluding carboxylic acids is 1. The fourth-order valence-electron chi connectivity index (χ4n) is 3.04. The summed E-state index contributed by atoms with van der Waals surface area (Å²) in [5.41, 5.74) is 1.10. The number of nitrogens with one attached hydrogen (secondary N) is 2. The number of hydrogen-bond donors (Lipinski definition) is 3. The number of carbonyl (C=O) groups is 2. The van der Waals surface area contributed by atoms with Crippen molar-refractivity contribution in [3.63, 3.8) is 0 Å². The molecule has 9 heteroatoms. The molecule has 0 radical (unpaired) electrons. The number of nitrogens with zero attached hydrogens (tertiary/aromatic N) is 2. The molecule has 0 saturated carbocycles. The van der Waals surface area contributed by atoms with Crippen molar-refractivity contribution in [3.05, 3.63) is 70.6 Å². The summed E-state index contributed by atoms with van der Waals surface area (Å²) in [6.45, 7) is 0.850. The van der Waals surface area contributed by atoms with Gasteiger partial charge in [0.1, 0.15) is 11.5 Å². The molecule has 2 aromatic carbocycles. The van der Waals surface area contributed by atoms with E-state index < -0.39 is 24.1 Å². The van der Waals surface area contributed by atoms with Crippen LogP contribution in [-0.2, 0) is 11.2 Å². The minimum atomic E-state index is -1.14. The molecule has 1 heterocycles. The van der Waals surface area contributed by atoms with E-state index in [-0.39, 0.29) is 16.9 Å². The molecule has 0 atom stereocenters. The first-order valence-corrected chi connectivity index (χ1v) is 9.57. The van der Waals surface area contributed by atoms with Crippen LogP contribution in [0.25, 0.3) is 16.9 Å². The molecule has 3 aromatic rings. The third kappa shape index (κ3) is 4.67. The van der Waals surface area contributed by atoms with Gasteiger partial charge in [0.15, 0.2) is 5.69 Å². The normalized spacial score (nSPS) is 10.8. The second-order valence-electron chi connectivity index (χ2n) is 6.48. The number of likely N-dealkylation sites (N-methyl/N-ethyl adjacent to an activating group) is 1. The fourth-order valence-corrected chi connectivity index (χ4v) is 3.16. The van der Waals surface area contributed by atoms with Crippen LogP contribution in [0, 0.1) is 5.82 Å². The lowest BCUT2D eigenvalue weighted by Gasteiger charge is -2.10. The van der Waals surface area contributed by atoms with Gasteiger partial charge in [-0.1, -0.05) is 35.9 Å². The van der Waals surface area contributed by atoms with Crippen molar-refractivity contribution in [2.45, 2.75) is 6.42 Å². The van der Waals surface area contributed by atoms with Crippen molar-refractivity contribution in [1.29, 1.82) is 0 Å². The number of benzene rings is 2. The number of carboxylic acids is 1. The molecule has 7 nitrogen and oxygen atoms in total. The highest BCUT2D eigenvalue weighted by atomic mass is 35.5. The van der Waals surface area contributed by atoms with E-state index in [1.165, 1.54) is 22.9 Å². The molecule has 30 heavy (non-hydrogen) atoms. The van der Waals surface area contributed by atoms with E-state index in [1.54, 1.807) is 37.4 Å². The maximum atomic E-state index is 14.6. The van der Waals surface area contributed by atoms with Gasteiger partial charge in [-0.3, -0.25) is 9.59 Å². The Hall–Kier alpha value is -3.23. The summed E-state index contributed by atoms with van der Waals surface area (Å²) >= 11 is 5.99. The molecule has 1 aromatic heterocycles. The number of aromatic nitrogens is 2. The SMILES string of the molecule is CNCCNC(=O)c1nn(-c2ccccc2F)c(-c2ccc(Cl)cc2)c1CC(=O)O. The highest BCUT2D eigenvalue weighted by Gasteiger charge is 2.27. The van der Waals surface area contributed by atoms with Gasteiger partial charge >= 0.3 is 5.97 Å². The van der Waals surface area contributed by atoms with Gasteiger partial charge in [0.2, 0.25) is 0 Å². The average Bonchev–Trinajstić information content (AvgIpc) is 3.07. The molecule has 0 aliphatic rings. The third-order valence-corrected chi connectivity index (χ3v) is 4.64. The Labute approximate surface area is 177 Å². The summed E-state index contributed by atoms with van der Waals surface area (Å²) in [7, 11) is 1.74. The molecular weight excluding hydrogens is 411 g/mol. The molecule has 0 saturated heterocycles. The van der Waals surface area contributed by atoms with Crippen molar-refractivity contribution < 1.29 is 19.1 Å². The minimum absolute atomic E-state index is 0.0679. The van der Waals surface area contributed by atoms with Crippen LogP contribution in [0.4, 0.5) is 4.39 Å². The highest BCUT2D eigenvalue weighted by molar-refractivity contribution is 6.30. The topological polar surface area (TPSA) is 96.2 Å². The Morgan fingerprint density at radius 1 is 1.13 bits per heavy atom. The van der Waals surface area contributed by atoms with Crippen molar-refractivity contribution in [3.8, 4) is 16.9 Å². The summed E-state index contributed by atoms with van der Waals surface area (Å²) in [6, 6.07) is 12.6. The molecule has 0 fully saturated rings. The highest BCUT2D eigenvalue weighted by Crippen LogP contribution is 2.31. The average molecular weight is 431 g/mol. The van der Waals surface area contributed by atoms with Crippen LogP contribution in [0.1, 0.15) is 16.1 Å². The lowest BCUT2D eigenvalue weighted by atomic mass is 10.0. The van der Waals surface area contributed by atoms with Crippen LogP contribution in [0.5, 0.6) is 0 Å². The molecule has 1 amide bonds. The number of carboxylic acid groups (broad SMARTS) is 1. The van der Waals surface area contributed by atoms with Crippen LogP contribution in [0.2, 0.25) is 5.02 Å². The molecule has 0 bridgehead atoms. The molecule has 156 valence electrons. The lowest BCUT2D eigenvalue weighted by Crippen LogP contribution is -2.31. The van der Waals surface area contributed by atoms with E-state index in [4.69, 9.17) is 11.6 Å². The van der Waals surface area contributed by atoms with E-state index >= 15 is 0 Å².